The van der Waals surface area contributed by atoms with Crippen molar-refractivity contribution in [3.05, 3.63) is 29.7 Å². The quantitative estimate of drug-likeness (QED) is 0.837. The van der Waals surface area contributed by atoms with Crippen LogP contribution in [0, 0.1) is 6.92 Å². The first kappa shape index (κ1) is 18.2. The Morgan fingerprint density at radius 1 is 1.33 bits per heavy atom. The third-order valence-corrected chi connectivity index (χ3v) is 5.17. The summed E-state index contributed by atoms with van der Waals surface area (Å²) in [5.41, 5.74) is -0.0948. The van der Waals surface area contributed by atoms with Crippen LogP contribution in [-0.4, -0.2) is 82.5 Å². The summed E-state index contributed by atoms with van der Waals surface area (Å²) in [5.74, 6) is 1.22. The Bertz CT molecular complexity index is 795. The molecular weight excluding hydrogens is 348 g/mol. The van der Waals surface area contributed by atoms with Crippen LogP contribution >= 0.6 is 0 Å². The fraction of sp³-hybridized carbons (Fsp3) is 0.579. The first-order valence-corrected chi connectivity index (χ1v) is 9.46. The van der Waals surface area contributed by atoms with Gasteiger partial charge in [0.2, 0.25) is 0 Å². The predicted octanol–water partition coefficient (Wildman–Crippen LogP) is 1.28. The number of furan rings is 1. The number of ether oxygens (including phenoxy) is 1. The first-order valence-electron chi connectivity index (χ1n) is 9.46. The molecule has 2 saturated heterocycles. The van der Waals surface area contributed by atoms with E-state index in [1.54, 1.807) is 11.0 Å². The van der Waals surface area contributed by atoms with Gasteiger partial charge >= 0.3 is 0 Å². The molecule has 4 heterocycles. The SMILES string of the molecule is Cc1ccc(-c2cc(C(=O)N3CCOCC(O)(CN4CCCC4)C3)n[nH]2)o1. The van der Waals surface area contributed by atoms with Gasteiger partial charge in [-0.15, -0.1) is 0 Å². The minimum Gasteiger partial charge on any atom is -0.460 e. The van der Waals surface area contributed by atoms with Crippen LogP contribution in [0.2, 0.25) is 0 Å². The number of rotatable bonds is 4. The summed E-state index contributed by atoms with van der Waals surface area (Å²) in [5, 5.41) is 18.1. The van der Waals surface area contributed by atoms with Crippen LogP contribution in [-0.2, 0) is 4.74 Å². The highest BCUT2D eigenvalue weighted by molar-refractivity contribution is 5.93. The highest BCUT2D eigenvalue weighted by Gasteiger charge is 2.37. The van der Waals surface area contributed by atoms with Crippen molar-refractivity contribution in [2.75, 3.05) is 45.9 Å². The Morgan fingerprint density at radius 2 is 2.15 bits per heavy atom. The van der Waals surface area contributed by atoms with Crippen LogP contribution in [0.4, 0.5) is 0 Å². The maximum absolute atomic E-state index is 13.0. The highest BCUT2D eigenvalue weighted by Crippen LogP contribution is 2.22. The van der Waals surface area contributed by atoms with E-state index in [1.807, 2.05) is 19.1 Å². The molecule has 0 radical (unpaired) electrons. The number of carbonyl (C=O) groups is 1. The molecule has 0 aromatic carbocycles. The number of aryl methyl sites for hydroxylation is 1. The Labute approximate surface area is 158 Å². The first-order chi connectivity index (χ1) is 13.0. The summed E-state index contributed by atoms with van der Waals surface area (Å²) in [7, 11) is 0. The Hall–Kier alpha value is -2.16. The van der Waals surface area contributed by atoms with Crippen molar-refractivity contribution in [2.24, 2.45) is 0 Å². The van der Waals surface area contributed by atoms with E-state index < -0.39 is 5.60 Å². The van der Waals surface area contributed by atoms with E-state index in [4.69, 9.17) is 9.15 Å². The molecule has 27 heavy (non-hydrogen) atoms. The molecule has 2 aromatic rings. The average Bonchev–Trinajstić information content (AvgIpc) is 3.37. The number of amides is 1. The van der Waals surface area contributed by atoms with Gasteiger partial charge in [-0.25, -0.2) is 0 Å². The molecule has 8 nitrogen and oxygen atoms in total. The molecule has 146 valence electrons. The third-order valence-electron chi connectivity index (χ3n) is 5.17. The van der Waals surface area contributed by atoms with Gasteiger partial charge in [0.05, 0.1) is 19.8 Å². The number of aromatic nitrogens is 2. The number of H-pyrrole nitrogens is 1. The van der Waals surface area contributed by atoms with E-state index >= 15 is 0 Å². The summed E-state index contributed by atoms with van der Waals surface area (Å²) < 4.78 is 11.2. The van der Waals surface area contributed by atoms with Crippen LogP contribution in [0.3, 0.4) is 0 Å². The molecule has 0 aliphatic carbocycles. The summed E-state index contributed by atoms with van der Waals surface area (Å²) >= 11 is 0. The number of hydrogen-bond acceptors (Lipinski definition) is 6. The molecule has 8 heteroatoms. The summed E-state index contributed by atoms with van der Waals surface area (Å²) in [6.07, 6.45) is 2.31. The van der Waals surface area contributed by atoms with Crippen LogP contribution in [0.1, 0.15) is 29.1 Å². The van der Waals surface area contributed by atoms with Crippen molar-refractivity contribution in [2.45, 2.75) is 25.4 Å². The van der Waals surface area contributed by atoms with E-state index in [1.165, 1.54) is 0 Å². The number of nitrogens with zero attached hydrogens (tertiary/aromatic N) is 3. The smallest absolute Gasteiger partial charge is 0.274 e. The van der Waals surface area contributed by atoms with Crippen molar-refractivity contribution in [1.29, 1.82) is 0 Å². The minimum atomic E-state index is -1.06. The van der Waals surface area contributed by atoms with Crippen molar-refractivity contribution in [1.82, 2.24) is 20.0 Å². The summed E-state index contributed by atoms with van der Waals surface area (Å²) in [6.45, 7) is 5.68. The number of aromatic amines is 1. The predicted molar refractivity (Wildman–Crippen MR) is 98.4 cm³/mol. The van der Waals surface area contributed by atoms with Gasteiger partial charge in [-0.3, -0.25) is 9.89 Å². The van der Waals surface area contributed by atoms with Crippen LogP contribution in [0.25, 0.3) is 11.5 Å². The molecule has 1 atom stereocenters. The molecule has 4 rings (SSSR count). The second-order valence-electron chi connectivity index (χ2n) is 7.56. The van der Waals surface area contributed by atoms with Crippen molar-refractivity contribution in [3.63, 3.8) is 0 Å². The molecule has 0 bridgehead atoms. The van der Waals surface area contributed by atoms with Gasteiger partial charge in [-0.05, 0) is 45.0 Å². The molecule has 2 aromatic heterocycles. The van der Waals surface area contributed by atoms with Gasteiger partial charge in [0.15, 0.2) is 11.5 Å². The zero-order valence-corrected chi connectivity index (χ0v) is 15.6. The number of aliphatic hydroxyl groups is 1. The van der Waals surface area contributed by atoms with E-state index in [2.05, 4.69) is 15.1 Å². The number of β-amino-alcohol motifs (C(OH)–C–C–N with tert-alkyl or cyclic N) is 1. The zero-order valence-electron chi connectivity index (χ0n) is 15.6. The van der Waals surface area contributed by atoms with Crippen molar-refractivity contribution >= 4 is 5.91 Å². The van der Waals surface area contributed by atoms with E-state index in [0.29, 0.717) is 36.8 Å². The fourth-order valence-corrected chi connectivity index (χ4v) is 3.84. The molecule has 2 aliphatic heterocycles. The molecule has 1 unspecified atom stereocenters. The molecular formula is C19H26N4O4. The second kappa shape index (κ2) is 7.46. The fourth-order valence-electron chi connectivity index (χ4n) is 3.84. The Morgan fingerprint density at radius 3 is 2.89 bits per heavy atom. The molecule has 2 fully saturated rings. The van der Waals surface area contributed by atoms with E-state index in [0.717, 1.165) is 31.7 Å². The molecule has 1 amide bonds. The van der Waals surface area contributed by atoms with Crippen molar-refractivity contribution < 1.29 is 19.1 Å². The Balaban J connectivity index is 1.47. The molecule has 2 N–H and O–H groups in total. The normalized spacial score (nSPS) is 24.3. The molecule has 0 spiro atoms. The average molecular weight is 374 g/mol. The van der Waals surface area contributed by atoms with Crippen LogP contribution < -0.4 is 0 Å². The zero-order chi connectivity index (χ0) is 18.9. The molecule has 2 aliphatic rings. The number of likely N-dealkylation sites (tertiary alicyclic amines) is 1. The van der Waals surface area contributed by atoms with Crippen molar-refractivity contribution in [3.8, 4) is 11.5 Å². The van der Waals surface area contributed by atoms with Gasteiger partial charge in [0.25, 0.3) is 5.91 Å². The van der Waals surface area contributed by atoms with Gasteiger partial charge in [-0.1, -0.05) is 0 Å². The van der Waals surface area contributed by atoms with Gasteiger partial charge in [0.1, 0.15) is 17.1 Å². The third kappa shape index (κ3) is 4.07. The lowest BCUT2D eigenvalue weighted by atomic mass is 10.0. The molecule has 0 saturated carbocycles. The Kier molecular flexibility index (Phi) is 5.03. The number of hydrogen-bond donors (Lipinski definition) is 2. The second-order valence-corrected chi connectivity index (χ2v) is 7.56. The van der Waals surface area contributed by atoms with Gasteiger partial charge in [0, 0.05) is 19.2 Å². The lowest BCUT2D eigenvalue weighted by Gasteiger charge is -2.33. The summed E-state index contributed by atoms with van der Waals surface area (Å²) in [6, 6.07) is 5.39. The summed E-state index contributed by atoms with van der Waals surface area (Å²) in [4.78, 5) is 16.8. The largest absolute Gasteiger partial charge is 0.460 e. The van der Waals surface area contributed by atoms with Crippen LogP contribution in [0.5, 0.6) is 0 Å². The highest BCUT2D eigenvalue weighted by atomic mass is 16.5. The minimum absolute atomic E-state index is 0.217. The topological polar surface area (TPSA) is 94.8 Å². The van der Waals surface area contributed by atoms with E-state index in [-0.39, 0.29) is 19.1 Å². The number of carbonyl (C=O) groups excluding carboxylic acids is 1. The lowest BCUT2D eigenvalue weighted by molar-refractivity contribution is -0.0524. The standard InChI is InChI=1S/C19H26N4O4/c1-14-4-5-17(27-14)15-10-16(21-20-15)18(24)23-8-9-26-13-19(25,12-23)11-22-6-2-3-7-22/h4-5,10,25H,2-3,6-9,11-13H2,1H3,(H,20,21). The van der Waals surface area contributed by atoms with Crippen LogP contribution in [0.15, 0.2) is 22.6 Å². The van der Waals surface area contributed by atoms with Gasteiger partial charge < -0.3 is 24.1 Å². The number of nitrogens with one attached hydrogen (secondary N) is 1. The van der Waals surface area contributed by atoms with E-state index in [9.17, 15) is 9.90 Å². The lowest BCUT2D eigenvalue weighted by Crippen LogP contribution is -2.53. The maximum Gasteiger partial charge on any atom is 0.274 e. The monoisotopic (exact) mass is 374 g/mol. The maximum atomic E-state index is 13.0. The van der Waals surface area contributed by atoms with Gasteiger partial charge in [-0.2, -0.15) is 5.10 Å².